The quantitative estimate of drug-likeness (QED) is 0.595. The average Bonchev–Trinajstić information content (AvgIpc) is 2.06. The minimum absolute atomic E-state index is 1.01. The second-order valence-electron chi connectivity index (χ2n) is 2.72. The van der Waals surface area contributed by atoms with Crippen LogP contribution in [-0.4, -0.2) is 25.1 Å². The summed E-state index contributed by atoms with van der Waals surface area (Å²) in [5, 5.41) is 3.29. The monoisotopic (exact) mass is 149 g/mol. The van der Waals surface area contributed by atoms with Gasteiger partial charge in [-0.05, 0) is 12.1 Å². The summed E-state index contributed by atoms with van der Waals surface area (Å²) in [6, 6.07) is 4.00. The van der Waals surface area contributed by atoms with Gasteiger partial charge in [0.2, 0.25) is 0 Å². The maximum absolute atomic E-state index is 4.26. The molecule has 0 aliphatic carbocycles. The second kappa shape index (κ2) is 2.42. The van der Waals surface area contributed by atoms with Gasteiger partial charge in [-0.25, -0.2) is 4.98 Å². The van der Waals surface area contributed by atoms with Gasteiger partial charge in [-0.1, -0.05) is 0 Å². The normalized spacial score (nSPS) is 15.5. The molecule has 11 heavy (non-hydrogen) atoms. The molecule has 0 spiro atoms. The van der Waals surface area contributed by atoms with Crippen molar-refractivity contribution in [1.82, 2.24) is 4.98 Å². The number of rotatable bonds is 0. The van der Waals surface area contributed by atoms with Crippen molar-refractivity contribution in [3.63, 3.8) is 0 Å². The fourth-order valence-electron chi connectivity index (χ4n) is 1.30. The van der Waals surface area contributed by atoms with Crippen LogP contribution in [0, 0.1) is 0 Å². The molecule has 0 amide bonds. The number of nitrogens with zero attached hydrogens (tertiary/aromatic N) is 2. The minimum Gasteiger partial charge on any atom is -0.380 e. The lowest BCUT2D eigenvalue weighted by Crippen LogP contribution is -2.31. The van der Waals surface area contributed by atoms with Crippen molar-refractivity contribution >= 4 is 11.5 Å². The van der Waals surface area contributed by atoms with Crippen LogP contribution in [0.4, 0.5) is 11.5 Å². The minimum atomic E-state index is 1.01. The van der Waals surface area contributed by atoms with E-state index >= 15 is 0 Å². The molecule has 2 heterocycles. The van der Waals surface area contributed by atoms with Gasteiger partial charge in [0.05, 0.1) is 5.69 Å². The third-order valence-electron chi connectivity index (χ3n) is 1.91. The molecule has 3 heteroatoms. The maximum atomic E-state index is 4.26. The van der Waals surface area contributed by atoms with Crippen molar-refractivity contribution in [2.75, 3.05) is 30.4 Å². The van der Waals surface area contributed by atoms with Gasteiger partial charge in [-0.2, -0.15) is 0 Å². The van der Waals surface area contributed by atoms with E-state index in [9.17, 15) is 0 Å². The van der Waals surface area contributed by atoms with E-state index in [4.69, 9.17) is 0 Å². The van der Waals surface area contributed by atoms with Crippen LogP contribution in [0.1, 0.15) is 0 Å². The van der Waals surface area contributed by atoms with Gasteiger partial charge in [0.1, 0.15) is 0 Å². The van der Waals surface area contributed by atoms with E-state index in [2.05, 4.69) is 28.3 Å². The van der Waals surface area contributed by atoms with E-state index in [1.165, 1.54) is 0 Å². The first-order chi connectivity index (χ1) is 5.38. The van der Waals surface area contributed by atoms with E-state index in [1.807, 2.05) is 12.3 Å². The molecule has 0 aromatic carbocycles. The summed E-state index contributed by atoms with van der Waals surface area (Å²) in [7, 11) is 2.06. The Balaban J connectivity index is 2.44. The topological polar surface area (TPSA) is 28.2 Å². The lowest BCUT2D eigenvalue weighted by Gasteiger charge is -2.26. The number of hydrogen-bond donors (Lipinski definition) is 1. The second-order valence-corrected chi connectivity index (χ2v) is 2.72. The highest BCUT2D eigenvalue weighted by Crippen LogP contribution is 2.23. The van der Waals surface area contributed by atoms with Gasteiger partial charge >= 0.3 is 0 Å². The van der Waals surface area contributed by atoms with Crippen LogP contribution in [0.5, 0.6) is 0 Å². The highest BCUT2D eigenvalue weighted by molar-refractivity contribution is 5.66. The van der Waals surface area contributed by atoms with Crippen LogP contribution in [-0.2, 0) is 0 Å². The van der Waals surface area contributed by atoms with Crippen molar-refractivity contribution in [2.45, 2.75) is 0 Å². The molecular weight excluding hydrogens is 138 g/mol. The largest absolute Gasteiger partial charge is 0.380 e. The molecule has 0 saturated heterocycles. The first kappa shape index (κ1) is 6.46. The van der Waals surface area contributed by atoms with Crippen LogP contribution in [0.3, 0.4) is 0 Å². The molecule has 0 saturated carbocycles. The van der Waals surface area contributed by atoms with Gasteiger partial charge in [-0.15, -0.1) is 0 Å². The Labute approximate surface area is 66.0 Å². The van der Waals surface area contributed by atoms with E-state index in [1.54, 1.807) is 0 Å². The number of fused-ring (bicyclic) bond motifs is 1. The van der Waals surface area contributed by atoms with Gasteiger partial charge in [-0.3, -0.25) is 0 Å². The Kier molecular flexibility index (Phi) is 1.42. The SMILES string of the molecule is CN1CCNc2cccnc21. The number of anilines is 2. The number of likely N-dealkylation sites (N-methyl/N-ethyl adjacent to an activating group) is 1. The lowest BCUT2D eigenvalue weighted by atomic mass is 10.3. The van der Waals surface area contributed by atoms with Crippen LogP contribution >= 0.6 is 0 Å². The van der Waals surface area contributed by atoms with E-state index in [-0.39, 0.29) is 0 Å². The lowest BCUT2D eigenvalue weighted by molar-refractivity contribution is 0.864. The van der Waals surface area contributed by atoms with E-state index in [0.29, 0.717) is 0 Å². The smallest absolute Gasteiger partial charge is 0.151 e. The molecule has 1 aromatic rings. The van der Waals surface area contributed by atoms with E-state index < -0.39 is 0 Å². The first-order valence-corrected chi connectivity index (χ1v) is 3.78. The molecule has 0 fully saturated rings. The summed E-state index contributed by atoms with van der Waals surface area (Å²) in [6.07, 6.45) is 1.82. The Morgan fingerprint density at radius 1 is 1.64 bits per heavy atom. The third kappa shape index (κ3) is 1.02. The van der Waals surface area contributed by atoms with Crippen molar-refractivity contribution in [3.8, 4) is 0 Å². The Morgan fingerprint density at radius 2 is 2.55 bits per heavy atom. The fourth-order valence-corrected chi connectivity index (χ4v) is 1.30. The standard InChI is InChI=1S/C8H11N3/c1-11-6-5-9-7-3-2-4-10-8(7)11/h2-4,9H,5-6H2,1H3. The molecule has 2 rings (SSSR count). The highest BCUT2D eigenvalue weighted by Gasteiger charge is 2.11. The van der Waals surface area contributed by atoms with E-state index in [0.717, 1.165) is 24.6 Å². The molecule has 1 aromatic heterocycles. The van der Waals surface area contributed by atoms with Crippen LogP contribution in [0.2, 0.25) is 0 Å². The number of pyridine rings is 1. The molecule has 0 unspecified atom stereocenters. The van der Waals surface area contributed by atoms with Crippen LogP contribution < -0.4 is 10.2 Å². The first-order valence-electron chi connectivity index (χ1n) is 3.78. The summed E-state index contributed by atoms with van der Waals surface area (Å²) in [4.78, 5) is 6.42. The van der Waals surface area contributed by atoms with Gasteiger partial charge < -0.3 is 10.2 Å². The highest BCUT2D eigenvalue weighted by atomic mass is 15.2. The zero-order valence-electron chi connectivity index (χ0n) is 6.54. The molecule has 1 aliphatic rings. The molecule has 58 valence electrons. The van der Waals surface area contributed by atoms with Crippen molar-refractivity contribution < 1.29 is 0 Å². The van der Waals surface area contributed by atoms with Crippen molar-refractivity contribution in [3.05, 3.63) is 18.3 Å². The Bertz CT molecular complexity index is 259. The molecule has 3 nitrogen and oxygen atoms in total. The number of nitrogens with one attached hydrogen (secondary N) is 1. The summed E-state index contributed by atoms with van der Waals surface area (Å²) >= 11 is 0. The third-order valence-corrected chi connectivity index (χ3v) is 1.91. The number of aromatic nitrogens is 1. The predicted octanol–water partition coefficient (Wildman–Crippen LogP) is 0.943. The zero-order valence-corrected chi connectivity index (χ0v) is 6.54. The molecule has 0 radical (unpaired) electrons. The molecular formula is C8H11N3. The van der Waals surface area contributed by atoms with Crippen molar-refractivity contribution in [1.29, 1.82) is 0 Å². The van der Waals surface area contributed by atoms with Gasteiger partial charge in [0.25, 0.3) is 0 Å². The van der Waals surface area contributed by atoms with Gasteiger partial charge in [0.15, 0.2) is 5.82 Å². The summed E-state index contributed by atoms with van der Waals surface area (Å²) < 4.78 is 0. The molecule has 1 aliphatic heterocycles. The number of hydrogen-bond acceptors (Lipinski definition) is 3. The van der Waals surface area contributed by atoms with Crippen LogP contribution in [0.15, 0.2) is 18.3 Å². The fraction of sp³-hybridized carbons (Fsp3) is 0.375. The average molecular weight is 149 g/mol. The zero-order chi connectivity index (χ0) is 7.68. The summed E-state index contributed by atoms with van der Waals surface area (Å²) in [5.74, 6) is 1.05. The Morgan fingerprint density at radius 3 is 3.36 bits per heavy atom. The Hall–Kier alpha value is -1.25. The summed E-state index contributed by atoms with van der Waals surface area (Å²) in [5.41, 5.74) is 1.14. The molecule has 1 N–H and O–H groups in total. The maximum Gasteiger partial charge on any atom is 0.151 e. The molecule has 0 bridgehead atoms. The van der Waals surface area contributed by atoms with Gasteiger partial charge in [0, 0.05) is 26.3 Å². The van der Waals surface area contributed by atoms with Crippen molar-refractivity contribution in [2.24, 2.45) is 0 Å². The predicted molar refractivity (Wildman–Crippen MR) is 46.0 cm³/mol. The van der Waals surface area contributed by atoms with Crippen LogP contribution in [0.25, 0.3) is 0 Å². The molecule has 0 atom stereocenters. The summed E-state index contributed by atoms with van der Waals surface area (Å²) in [6.45, 7) is 2.04.